The van der Waals surface area contributed by atoms with Gasteiger partial charge in [0.05, 0.1) is 0 Å². The molecule has 16 heavy (non-hydrogen) atoms. The zero-order valence-corrected chi connectivity index (χ0v) is 9.75. The van der Waals surface area contributed by atoms with Gasteiger partial charge in [-0.15, -0.1) is 0 Å². The highest BCUT2D eigenvalue weighted by Crippen LogP contribution is 2.08. The summed E-state index contributed by atoms with van der Waals surface area (Å²) in [5, 5.41) is 2.87. The number of benzene rings is 1. The third kappa shape index (κ3) is 2.46. The smallest absolute Gasteiger partial charge is 0.263 e. The minimum atomic E-state index is -0.0641. The van der Waals surface area contributed by atoms with Gasteiger partial charge in [0, 0.05) is 12.7 Å². The molecule has 4 heteroatoms. The van der Waals surface area contributed by atoms with Crippen LogP contribution in [0.5, 0.6) is 0 Å². The summed E-state index contributed by atoms with van der Waals surface area (Å²) in [5.41, 5.74) is 2.33. The second kappa shape index (κ2) is 4.90. The topological polar surface area (TPSA) is 42.0 Å². The summed E-state index contributed by atoms with van der Waals surface area (Å²) in [4.78, 5) is 12.3. The molecule has 0 saturated heterocycles. The molecule has 0 radical (unpaired) electrons. The molecule has 3 nitrogen and oxygen atoms in total. The number of nitrogens with one attached hydrogen (secondary N) is 1. The van der Waals surface area contributed by atoms with Crippen LogP contribution in [0.4, 0.5) is 0 Å². The van der Waals surface area contributed by atoms with Crippen LogP contribution in [-0.4, -0.2) is 10.3 Å². The van der Waals surface area contributed by atoms with Crippen molar-refractivity contribution in [2.75, 3.05) is 0 Å². The molecule has 0 aliphatic rings. The lowest BCUT2D eigenvalue weighted by atomic mass is 10.1. The summed E-state index contributed by atoms with van der Waals surface area (Å²) in [7, 11) is 0. The van der Waals surface area contributed by atoms with Gasteiger partial charge in [0.15, 0.2) is 0 Å². The van der Waals surface area contributed by atoms with E-state index in [4.69, 9.17) is 0 Å². The number of rotatable bonds is 3. The SMILES string of the molecule is Cc1ccccc1CNC(=O)c1ccns1. The largest absolute Gasteiger partial charge is 0.347 e. The first-order chi connectivity index (χ1) is 7.77. The van der Waals surface area contributed by atoms with Crippen molar-refractivity contribution in [2.45, 2.75) is 13.5 Å². The highest BCUT2D eigenvalue weighted by atomic mass is 32.1. The van der Waals surface area contributed by atoms with Crippen molar-refractivity contribution in [3.63, 3.8) is 0 Å². The lowest BCUT2D eigenvalue weighted by Crippen LogP contribution is -2.22. The molecule has 0 aliphatic heterocycles. The molecule has 0 saturated carbocycles. The van der Waals surface area contributed by atoms with Crippen molar-refractivity contribution in [1.29, 1.82) is 0 Å². The van der Waals surface area contributed by atoms with Crippen molar-refractivity contribution < 1.29 is 4.79 Å². The van der Waals surface area contributed by atoms with Crippen molar-refractivity contribution in [3.05, 3.63) is 52.5 Å². The summed E-state index contributed by atoms with van der Waals surface area (Å²) >= 11 is 1.21. The number of carbonyl (C=O) groups excluding carboxylic acids is 1. The van der Waals surface area contributed by atoms with Crippen molar-refractivity contribution in [2.24, 2.45) is 0 Å². The Morgan fingerprint density at radius 1 is 1.38 bits per heavy atom. The maximum absolute atomic E-state index is 11.6. The molecule has 82 valence electrons. The van der Waals surface area contributed by atoms with E-state index in [0.717, 1.165) is 5.56 Å². The Balaban J connectivity index is 1.98. The molecule has 1 heterocycles. The molecular formula is C12H12N2OS. The molecule has 0 aliphatic carbocycles. The molecule has 0 spiro atoms. The minimum absolute atomic E-state index is 0.0641. The average Bonchev–Trinajstić information content (AvgIpc) is 2.81. The third-order valence-corrected chi connectivity index (χ3v) is 3.11. The molecule has 0 unspecified atom stereocenters. The number of nitrogens with zero attached hydrogens (tertiary/aromatic N) is 1. The van der Waals surface area contributed by atoms with E-state index in [2.05, 4.69) is 9.69 Å². The first kappa shape index (κ1) is 10.8. The number of hydrogen-bond donors (Lipinski definition) is 1. The monoisotopic (exact) mass is 232 g/mol. The van der Waals surface area contributed by atoms with Crippen LogP contribution in [0.3, 0.4) is 0 Å². The average molecular weight is 232 g/mol. The molecule has 1 amide bonds. The van der Waals surface area contributed by atoms with Gasteiger partial charge >= 0.3 is 0 Å². The van der Waals surface area contributed by atoms with Crippen molar-refractivity contribution in [3.8, 4) is 0 Å². The Morgan fingerprint density at radius 3 is 2.88 bits per heavy atom. The third-order valence-electron chi connectivity index (χ3n) is 2.36. The maximum atomic E-state index is 11.6. The number of aromatic nitrogens is 1. The summed E-state index contributed by atoms with van der Waals surface area (Å²) < 4.78 is 3.90. The van der Waals surface area contributed by atoms with E-state index in [0.29, 0.717) is 11.4 Å². The van der Waals surface area contributed by atoms with E-state index in [1.807, 2.05) is 31.2 Å². The number of carbonyl (C=O) groups is 1. The lowest BCUT2D eigenvalue weighted by molar-refractivity contribution is 0.0955. The van der Waals surface area contributed by atoms with Crippen LogP contribution in [-0.2, 0) is 6.54 Å². The van der Waals surface area contributed by atoms with Gasteiger partial charge in [0.25, 0.3) is 5.91 Å². The Morgan fingerprint density at radius 2 is 2.19 bits per heavy atom. The van der Waals surface area contributed by atoms with Gasteiger partial charge in [-0.25, -0.2) is 4.37 Å². The summed E-state index contributed by atoms with van der Waals surface area (Å²) in [5.74, 6) is -0.0641. The molecule has 0 fully saturated rings. The van der Waals surface area contributed by atoms with Crippen LogP contribution >= 0.6 is 11.5 Å². The highest BCUT2D eigenvalue weighted by molar-refractivity contribution is 7.08. The van der Waals surface area contributed by atoms with Gasteiger partial charge < -0.3 is 5.32 Å². The maximum Gasteiger partial charge on any atom is 0.263 e. The number of aryl methyl sites for hydroxylation is 1. The van der Waals surface area contributed by atoms with E-state index < -0.39 is 0 Å². The van der Waals surface area contributed by atoms with Gasteiger partial charge in [-0.1, -0.05) is 24.3 Å². The fourth-order valence-corrected chi connectivity index (χ4v) is 1.92. The van der Waals surface area contributed by atoms with E-state index in [-0.39, 0.29) is 5.91 Å². The van der Waals surface area contributed by atoms with Crippen LogP contribution in [0.25, 0.3) is 0 Å². The molecule has 0 bridgehead atoms. The zero-order valence-electron chi connectivity index (χ0n) is 8.93. The second-order valence-electron chi connectivity index (χ2n) is 3.49. The Hall–Kier alpha value is -1.68. The van der Waals surface area contributed by atoms with Crippen molar-refractivity contribution in [1.82, 2.24) is 9.69 Å². The van der Waals surface area contributed by atoms with Crippen LogP contribution in [0.2, 0.25) is 0 Å². The van der Waals surface area contributed by atoms with Crippen LogP contribution in [0.1, 0.15) is 20.8 Å². The van der Waals surface area contributed by atoms with Crippen molar-refractivity contribution >= 4 is 17.4 Å². The van der Waals surface area contributed by atoms with E-state index in [1.165, 1.54) is 17.1 Å². The summed E-state index contributed by atoms with van der Waals surface area (Å²) in [6.45, 7) is 2.59. The van der Waals surface area contributed by atoms with Crippen LogP contribution in [0.15, 0.2) is 36.5 Å². The molecule has 1 aromatic carbocycles. The molecule has 2 rings (SSSR count). The molecule has 1 aromatic heterocycles. The van der Waals surface area contributed by atoms with Gasteiger partial charge in [0.2, 0.25) is 0 Å². The van der Waals surface area contributed by atoms with Crippen LogP contribution < -0.4 is 5.32 Å². The molecule has 2 aromatic rings. The van der Waals surface area contributed by atoms with E-state index in [1.54, 1.807) is 12.3 Å². The van der Waals surface area contributed by atoms with Gasteiger partial charge in [-0.05, 0) is 35.6 Å². The minimum Gasteiger partial charge on any atom is -0.347 e. The zero-order chi connectivity index (χ0) is 11.4. The number of hydrogen-bond acceptors (Lipinski definition) is 3. The Bertz CT molecular complexity index is 480. The predicted octanol–water partition coefficient (Wildman–Crippen LogP) is 2.38. The first-order valence-electron chi connectivity index (χ1n) is 5.01. The van der Waals surface area contributed by atoms with Crippen LogP contribution in [0, 0.1) is 6.92 Å². The van der Waals surface area contributed by atoms with E-state index in [9.17, 15) is 4.79 Å². The van der Waals surface area contributed by atoms with Gasteiger partial charge in [-0.3, -0.25) is 4.79 Å². The highest BCUT2D eigenvalue weighted by Gasteiger charge is 2.06. The second-order valence-corrected chi connectivity index (χ2v) is 4.32. The first-order valence-corrected chi connectivity index (χ1v) is 5.78. The molecule has 1 N–H and O–H groups in total. The Labute approximate surface area is 98.3 Å². The number of amides is 1. The fourth-order valence-electron chi connectivity index (χ4n) is 1.40. The lowest BCUT2D eigenvalue weighted by Gasteiger charge is -2.06. The molecule has 0 atom stereocenters. The molecular weight excluding hydrogens is 220 g/mol. The normalized spacial score (nSPS) is 10.1. The van der Waals surface area contributed by atoms with Gasteiger partial charge in [-0.2, -0.15) is 0 Å². The van der Waals surface area contributed by atoms with Gasteiger partial charge in [0.1, 0.15) is 4.88 Å². The fraction of sp³-hybridized carbons (Fsp3) is 0.167. The Kier molecular flexibility index (Phi) is 3.31. The summed E-state index contributed by atoms with van der Waals surface area (Å²) in [6, 6.07) is 9.74. The predicted molar refractivity (Wildman–Crippen MR) is 64.5 cm³/mol. The standard InChI is InChI=1S/C12H12N2OS/c1-9-4-2-3-5-10(9)8-13-12(15)11-6-7-14-16-11/h2-7H,8H2,1H3,(H,13,15). The quantitative estimate of drug-likeness (QED) is 0.882. The van der Waals surface area contributed by atoms with E-state index >= 15 is 0 Å². The summed E-state index contributed by atoms with van der Waals surface area (Å²) in [6.07, 6.45) is 1.63.